The van der Waals surface area contributed by atoms with Gasteiger partial charge in [0.25, 0.3) is 0 Å². The van der Waals surface area contributed by atoms with Gasteiger partial charge in [0, 0.05) is 6.92 Å². The molecule has 0 aliphatic heterocycles. The Morgan fingerprint density at radius 3 is 2.64 bits per heavy atom. The second kappa shape index (κ2) is 2.04. The fraction of sp³-hybridized carbons (Fsp3) is 0.714. The van der Waals surface area contributed by atoms with Crippen LogP contribution in [-0.4, -0.2) is 10.1 Å². The first-order valence-electron chi connectivity index (χ1n) is 3.80. The molecule has 2 N–H and O–H groups in total. The number of hydrogen-bond donors (Lipinski definition) is 1. The molecule has 4 heteroatoms. The molecule has 0 bridgehead atoms. The van der Waals surface area contributed by atoms with Gasteiger partial charge in [-0.25, -0.2) is 0 Å². The third kappa shape index (κ3) is 0.939. The minimum Gasteiger partial charge on any atom is -0.340 e. The molecule has 1 aromatic rings. The molecule has 1 saturated carbocycles. The van der Waals surface area contributed by atoms with E-state index in [0.29, 0.717) is 11.7 Å². The lowest BCUT2D eigenvalue weighted by Crippen LogP contribution is -2.44. The molecule has 0 unspecified atom stereocenters. The molecule has 1 fully saturated rings. The van der Waals surface area contributed by atoms with Crippen LogP contribution in [0.2, 0.25) is 0 Å². The Hall–Kier alpha value is -0.900. The van der Waals surface area contributed by atoms with E-state index in [1.807, 2.05) is 0 Å². The normalized spacial score (nSPS) is 21.3. The predicted octanol–water partition coefficient (Wildman–Crippen LogP) is 0.716. The van der Waals surface area contributed by atoms with Crippen LogP contribution in [0, 0.1) is 6.92 Å². The van der Waals surface area contributed by atoms with E-state index in [2.05, 4.69) is 10.1 Å². The van der Waals surface area contributed by atoms with Gasteiger partial charge in [0.15, 0.2) is 5.82 Å². The smallest absolute Gasteiger partial charge is 0.223 e. The average Bonchev–Trinajstić information content (AvgIpc) is 2.31. The largest absolute Gasteiger partial charge is 0.340 e. The zero-order chi connectivity index (χ0) is 7.90. The Balaban J connectivity index is 2.28. The van der Waals surface area contributed by atoms with Crippen molar-refractivity contribution in [1.29, 1.82) is 0 Å². The number of rotatable bonds is 1. The summed E-state index contributed by atoms with van der Waals surface area (Å²) in [6.07, 6.45) is 3.13. The van der Waals surface area contributed by atoms with Crippen molar-refractivity contribution in [2.45, 2.75) is 31.7 Å². The van der Waals surface area contributed by atoms with Crippen LogP contribution >= 0.6 is 0 Å². The molecule has 4 nitrogen and oxygen atoms in total. The summed E-state index contributed by atoms with van der Waals surface area (Å²) < 4.78 is 4.85. The third-order valence-corrected chi connectivity index (χ3v) is 2.22. The monoisotopic (exact) mass is 153 g/mol. The molecule has 0 radical (unpaired) electrons. The lowest BCUT2D eigenvalue weighted by molar-refractivity contribution is 0.229. The van der Waals surface area contributed by atoms with Crippen molar-refractivity contribution in [3.05, 3.63) is 11.7 Å². The number of aromatic nitrogens is 2. The van der Waals surface area contributed by atoms with Crippen molar-refractivity contribution in [3.8, 4) is 0 Å². The number of nitrogens with two attached hydrogens (primary N) is 1. The van der Waals surface area contributed by atoms with Crippen molar-refractivity contribution in [3.63, 3.8) is 0 Å². The summed E-state index contributed by atoms with van der Waals surface area (Å²) in [5.74, 6) is 1.26. The number of aryl methyl sites for hydroxylation is 1. The molecular weight excluding hydrogens is 142 g/mol. The Morgan fingerprint density at radius 2 is 2.27 bits per heavy atom. The Morgan fingerprint density at radius 1 is 1.55 bits per heavy atom. The summed E-state index contributed by atoms with van der Waals surface area (Å²) in [7, 11) is 0. The van der Waals surface area contributed by atoms with Gasteiger partial charge >= 0.3 is 0 Å². The third-order valence-electron chi connectivity index (χ3n) is 2.22. The summed E-state index contributed by atoms with van der Waals surface area (Å²) in [6, 6.07) is 0. The van der Waals surface area contributed by atoms with Crippen LogP contribution in [0.4, 0.5) is 0 Å². The van der Waals surface area contributed by atoms with Gasteiger partial charge in [-0.1, -0.05) is 5.16 Å². The lowest BCUT2D eigenvalue weighted by Gasteiger charge is -2.34. The Labute approximate surface area is 64.8 Å². The molecule has 1 aliphatic rings. The molecule has 0 atom stereocenters. The highest BCUT2D eigenvalue weighted by molar-refractivity contribution is 5.08. The van der Waals surface area contributed by atoms with Crippen molar-refractivity contribution < 1.29 is 4.52 Å². The van der Waals surface area contributed by atoms with Crippen molar-refractivity contribution in [1.82, 2.24) is 10.1 Å². The number of nitrogens with zero attached hydrogens (tertiary/aromatic N) is 2. The molecular formula is C7H11N3O. The molecule has 0 aromatic carbocycles. The first-order chi connectivity index (χ1) is 5.21. The molecule has 2 rings (SSSR count). The maximum atomic E-state index is 5.95. The van der Waals surface area contributed by atoms with Crippen LogP contribution in [-0.2, 0) is 5.54 Å². The van der Waals surface area contributed by atoms with Crippen molar-refractivity contribution in [2.24, 2.45) is 5.73 Å². The van der Waals surface area contributed by atoms with Gasteiger partial charge in [0.05, 0.1) is 5.54 Å². The highest BCUT2D eigenvalue weighted by Gasteiger charge is 2.38. The van der Waals surface area contributed by atoms with Crippen LogP contribution in [0.1, 0.15) is 31.0 Å². The van der Waals surface area contributed by atoms with E-state index in [-0.39, 0.29) is 5.54 Å². The van der Waals surface area contributed by atoms with Gasteiger partial charge in [-0.2, -0.15) is 4.98 Å². The van der Waals surface area contributed by atoms with Crippen LogP contribution in [0.15, 0.2) is 4.52 Å². The minimum atomic E-state index is -0.280. The fourth-order valence-corrected chi connectivity index (χ4v) is 1.28. The summed E-state index contributed by atoms with van der Waals surface area (Å²) >= 11 is 0. The van der Waals surface area contributed by atoms with E-state index in [0.717, 1.165) is 12.8 Å². The van der Waals surface area contributed by atoms with E-state index in [9.17, 15) is 0 Å². The maximum Gasteiger partial charge on any atom is 0.223 e. The van der Waals surface area contributed by atoms with E-state index < -0.39 is 0 Å². The standard InChI is InChI=1S/C7H11N3O/c1-5-9-6(10-11-5)7(8)3-2-4-7/h2-4,8H2,1H3. The van der Waals surface area contributed by atoms with E-state index in [1.54, 1.807) is 6.92 Å². The molecule has 0 amide bonds. The fourth-order valence-electron chi connectivity index (χ4n) is 1.28. The van der Waals surface area contributed by atoms with Gasteiger partial charge in [-0.15, -0.1) is 0 Å². The summed E-state index contributed by atoms with van der Waals surface area (Å²) in [6.45, 7) is 1.78. The molecule has 11 heavy (non-hydrogen) atoms. The van der Waals surface area contributed by atoms with E-state index >= 15 is 0 Å². The zero-order valence-electron chi connectivity index (χ0n) is 6.50. The van der Waals surface area contributed by atoms with E-state index in [4.69, 9.17) is 10.3 Å². The second-order valence-corrected chi connectivity index (χ2v) is 3.15. The summed E-state index contributed by atoms with van der Waals surface area (Å²) in [5, 5.41) is 3.80. The van der Waals surface area contributed by atoms with E-state index in [1.165, 1.54) is 6.42 Å². The maximum absolute atomic E-state index is 5.95. The van der Waals surface area contributed by atoms with Gasteiger partial charge in [0.2, 0.25) is 5.89 Å². The zero-order valence-corrected chi connectivity index (χ0v) is 6.50. The average molecular weight is 153 g/mol. The molecule has 1 aliphatic carbocycles. The van der Waals surface area contributed by atoms with Crippen molar-refractivity contribution >= 4 is 0 Å². The predicted molar refractivity (Wildman–Crippen MR) is 38.8 cm³/mol. The lowest BCUT2D eigenvalue weighted by atomic mass is 9.77. The highest BCUT2D eigenvalue weighted by Crippen LogP contribution is 2.36. The topological polar surface area (TPSA) is 64.9 Å². The molecule has 0 saturated heterocycles. The molecule has 1 heterocycles. The minimum absolute atomic E-state index is 0.280. The second-order valence-electron chi connectivity index (χ2n) is 3.15. The van der Waals surface area contributed by atoms with Crippen LogP contribution in [0.5, 0.6) is 0 Å². The van der Waals surface area contributed by atoms with Gasteiger partial charge in [-0.05, 0) is 19.3 Å². The quantitative estimate of drug-likeness (QED) is 0.645. The van der Waals surface area contributed by atoms with Crippen molar-refractivity contribution in [2.75, 3.05) is 0 Å². The number of hydrogen-bond acceptors (Lipinski definition) is 4. The Bertz CT molecular complexity index is 264. The van der Waals surface area contributed by atoms with Gasteiger partial charge in [0.1, 0.15) is 0 Å². The SMILES string of the molecule is Cc1nc(C2(N)CCC2)no1. The molecule has 1 aromatic heterocycles. The Kier molecular flexibility index (Phi) is 1.26. The first kappa shape index (κ1) is 6.79. The van der Waals surface area contributed by atoms with Gasteiger partial charge in [-0.3, -0.25) is 0 Å². The highest BCUT2D eigenvalue weighted by atomic mass is 16.5. The van der Waals surface area contributed by atoms with Crippen LogP contribution < -0.4 is 5.73 Å². The van der Waals surface area contributed by atoms with Crippen LogP contribution in [0.3, 0.4) is 0 Å². The summed E-state index contributed by atoms with van der Waals surface area (Å²) in [4.78, 5) is 4.10. The molecule has 0 spiro atoms. The first-order valence-corrected chi connectivity index (χ1v) is 3.80. The summed E-state index contributed by atoms with van der Waals surface area (Å²) in [5.41, 5.74) is 5.67. The molecule has 60 valence electrons. The van der Waals surface area contributed by atoms with Gasteiger partial charge < -0.3 is 10.3 Å². The van der Waals surface area contributed by atoms with Crippen LogP contribution in [0.25, 0.3) is 0 Å².